The zero-order valence-electron chi connectivity index (χ0n) is 7.97. The lowest BCUT2D eigenvalue weighted by molar-refractivity contribution is 0.104. The van der Waals surface area contributed by atoms with E-state index in [-0.39, 0.29) is 10.6 Å². The molecule has 0 radical (unpaired) electrons. The van der Waals surface area contributed by atoms with Gasteiger partial charge >= 0.3 is 0 Å². The average molecular weight is 213 g/mol. The number of halogens is 2. The fourth-order valence-electron chi connectivity index (χ4n) is 1.07. The Labute approximate surface area is 87.2 Å². The average Bonchev–Trinajstić information content (AvgIpc) is 2.01. The molecule has 0 aliphatic carbocycles. The number of hydrogen-bond acceptors (Lipinski definition) is 1. The van der Waals surface area contributed by atoms with Gasteiger partial charge in [-0.1, -0.05) is 23.2 Å². The summed E-state index contributed by atoms with van der Waals surface area (Å²) in [5.41, 5.74) is 0.754. The van der Waals surface area contributed by atoms with Gasteiger partial charge in [-0.25, -0.2) is 4.39 Å². The van der Waals surface area contributed by atoms with E-state index in [0.29, 0.717) is 0 Å². The third-order valence-electron chi connectivity index (χ3n) is 1.63. The van der Waals surface area contributed by atoms with Crippen molar-refractivity contribution in [1.29, 1.82) is 0 Å². The number of hydrogen-bond donors (Lipinski definition) is 0. The van der Waals surface area contributed by atoms with Crippen LogP contribution in [0.1, 0.15) is 24.2 Å². The van der Waals surface area contributed by atoms with Crippen molar-refractivity contribution in [2.24, 2.45) is 0 Å². The third kappa shape index (κ3) is 2.42. The standard InChI is InChI=1S/C11H10ClFO/c1-7(2)6-10(14)11-8(12)4-3-5-9(11)13/h3-6H,1-2H3. The maximum atomic E-state index is 13.2. The zero-order chi connectivity index (χ0) is 10.7. The van der Waals surface area contributed by atoms with Gasteiger partial charge in [-0.05, 0) is 32.1 Å². The SMILES string of the molecule is CC(C)=CC(=O)c1c(F)cccc1Cl. The number of ketones is 1. The molecule has 0 fully saturated rings. The van der Waals surface area contributed by atoms with Crippen molar-refractivity contribution in [3.8, 4) is 0 Å². The van der Waals surface area contributed by atoms with Gasteiger partial charge in [0.15, 0.2) is 5.78 Å². The molecular formula is C11H10ClFO. The van der Waals surface area contributed by atoms with E-state index in [1.807, 2.05) is 0 Å². The lowest BCUT2D eigenvalue weighted by Crippen LogP contribution is -2.00. The molecule has 3 heteroatoms. The highest BCUT2D eigenvalue weighted by Crippen LogP contribution is 2.20. The van der Waals surface area contributed by atoms with Crippen molar-refractivity contribution >= 4 is 17.4 Å². The molecule has 1 aromatic carbocycles. The van der Waals surface area contributed by atoms with Crippen LogP contribution in [-0.4, -0.2) is 5.78 Å². The second-order valence-electron chi connectivity index (χ2n) is 3.18. The molecule has 0 amide bonds. The van der Waals surface area contributed by atoms with Crippen molar-refractivity contribution in [1.82, 2.24) is 0 Å². The first-order valence-electron chi connectivity index (χ1n) is 4.15. The number of benzene rings is 1. The Bertz CT molecular complexity index is 372. The topological polar surface area (TPSA) is 17.1 Å². The van der Waals surface area contributed by atoms with E-state index in [1.165, 1.54) is 24.3 Å². The highest BCUT2D eigenvalue weighted by atomic mass is 35.5. The monoisotopic (exact) mass is 212 g/mol. The predicted octanol–water partition coefficient (Wildman–Crippen LogP) is 3.63. The normalized spacial score (nSPS) is 9.71. The first-order chi connectivity index (χ1) is 6.52. The molecule has 74 valence electrons. The van der Waals surface area contributed by atoms with E-state index < -0.39 is 11.6 Å². The van der Waals surface area contributed by atoms with E-state index in [4.69, 9.17) is 11.6 Å². The molecule has 0 aliphatic rings. The lowest BCUT2D eigenvalue weighted by atomic mass is 10.1. The molecule has 0 unspecified atom stereocenters. The summed E-state index contributed by atoms with van der Waals surface area (Å²) in [5.74, 6) is -0.979. The highest BCUT2D eigenvalue weighted by molar-refractivity contribution is 6.34. The summed E-state index contributed by atoms with van der Waals surface area (Å²) < 4.78 is 13.2. The molecule has 0 saturated carbocycles. The second kappa shape index (κ2) is 4.38. The van der Waals surface area contributed by atoms with E-state index in [2.05, 4.69) is 0 Å². The minimum Gasteiger partial charge on any atom is -0.289 e. The van der Waals surface area contributed by atoms with Crippen LogP contribution in [-0.2, 0) is 0 Å². The number of carbonyl (C=O) groups is 1. The Balaban J connectivity index is 3.19. The molecule has 0 aliphatic heterocycles. The summed E-state index contributed by atoms with van der Waals surface area (Å²) >= 11 is 5.72. The Morgan fingerprint density at radius 3 is 2.57 bits per heavy atom. The van der Waals surface area contributed by atoms with Gasteiger partial charge in [0.2, 0.25) is 0 Å². The van der Waals surface area contributed by atoms with Crippen LogP contribution in [0.3, 0.4) is 0 Å². The van der Waals surface area contributed by atoms with E-state index in [9.17, 15) is 9.18 Å². The first-order valence-corrected chi connectivity index (χ1v) is 4.53. The fourth-order valence-corrected chi connectivity index (χ4v) is 1.32. The van der Waals surface area contributed by atoms with E-state index in [1.54, 1.807) is 13.8 Å². The van der Waals surface area contributed by atoms with Crippen molar-refractivity contribution in [2.75, 3.05) is 0 Å². The molecule has 1 nitrogen and oxygen atoms in total. The van der Waals surface area contributed by atoms with Crippen LogP contribution in [0.15, 0.2) is 29.8 Å². The Hall–Kier alpha value is -1.15. The second-order valence-corrected chi connectivity index (χ2v) is 3.59. The quantitative estimate of drug-likeness (QED) is 0.541. The molecule has 0 atom stereocenters. The highest BCUT2D eigenvalue weighted by Gasteiger charge is 2.12. The van der Waals surface area contributed by atoms with Crippen molar-refractivity contribution in [2.45, 2.75) is 13.8 Å². The minimum atomic E-state index is -0.583. The van der Waals surface area contributed by atoms with Crippen LogP contribution in [0.2, 0.25) is 5.02 Å². The van der Waals surface area contributed by atoms with Gasteiger partial charge in [-0.2, -0.15) is 0 Å². The number of carbonyl (C=O) groups excluding carboxylic acids is 1. The van der Waals surface area contributed by atoms with E-state index >= 15 is 0 Å². The van der Waals surface area contributed by atoms with Gasteiger partial charge in [0, 0.05) is 0 Å². The lowest BCUT2D eigenvalue weighted by Gasteiger charge is -2.01. The van der Waals surface area contributed by atoms with Crippen LogP contribution < -0.4 is 0 Å². The largest absolute Gasteiger partial charge is 0.289 e. The van der Waals surface area contributed by atoms with Crippen molar-refractivity contribution in [3.63, 3.8) is 0 Å². The van der Waals surface area contributed by atoms with Gasteiger partial charge in [-0.3, -0.25) is 4.79 Å². The predicted molar refractivity (Wildman–Crippen MR) is 55.2 cm³/mol. The smallest absolute Gasteiger partial charge is 0.190 e. The maximum Gasteiger partial charge on any atom is 0.190 e. The summed E-state index contributed by atoms with van der Waals surface area (Å²) in [6.45, 7) is 3.54. The number of allylic oxidation sites excluding steroid dienone is 2. The zero-order valence-corrected chi connectivity index (χ0v) is 8.73. The summed E-state index contributed by atoms with van der Waals surface area (Å²) in [6.07, 6.45) is 1.37. The van der Waals surface area contributed by atoms with Gasteiger partial charge in [0.05, 0.1) is 10.6 Å². The molecule has 0 saturated heterocycles. The minimum absolute atomic E-state index is 0.0598. The first kappa shape index (κ1) is 10.9. The molecule has 0 aromatic heterocycles. The van der Waals surface area contributed by atoms with Gasteiger partial charge < -0.3 is 0 Å². The van der Waals surface area contributed by atoms with Gasteiger partial charge in [0.25, 0.3) is 0 Å². The summed E-state index contributed by atoms with van der Waals surface area (Å²) in [7, 11) is 0. The van der Waals surface area contributed by atoms with Crippen LogP contribution >= 0.6 is 11.6 Å². The molecular weight excluding hydrogens is 203 g/mol. The maximum absolute atomic E-state index is 13.2. The van der Waals surface area contributed by atoms with Gasteiger partial charge in [0.1, 0.15) is 5.82 Å². The summed E-state index contributed by atoms with van der Waals surface area (Å²) in [4.78, 5) is 11.5. The molecule has 14 heavy (non-hydrogen) atoms. The van der Waals surface area contributed by atoms with Crippen LogP contribution in [0.4, 0.5) is 4.39 Å². The molecule has 0 heterocycles. The molecule has 1 aromatic rings. The summed E-state index contributed by atoms with van der Waals surface area (Å²) in [6, 6.07) is 4.19. The van der Waals surface area contributed by atoms with Gasteiger partial charge in [-0.15, -0.1) is 0 Å². The third-order valence-corrected chi connectivity index (χ3v) is 1.94. The Morgan fingerprint density at radius 2 is 2.07 bits per heavy atom. The Kier molecular flexibility index (Phi) is 3.42. The van der Waals surface area contributed by atoms with Crippen LogP contribution in [0.25, 0.3) is 0 Å². The molecule has 1 rings (SSSR count). The van der Waals surface area contributed by atoms with Crippen molar-refractivity contribution in [3.05, 3.63) is 46.3 Å². The van der Waals surface area contributed by atoms with Crippen LogP contribution in [0.5, 0.6) is 0 Å². The Morgan fingerprint density at radius 1 is 1.43 bits per heavy atom. The number of rotatable bonds is 2. The summed E-state index contributed by atoms with van der Waals surface area (Å²) in [5, 5.41) is 0.146. The fraction of sp³-hybridized carbons (Fsp3) is 0.182. The molecule has 0 spiro atoms. The van der Waals surface area contributed by atoms with Crippen LogP contribution in [0, 0.1) is 5.82 Å². The van der Waals surface area contributed by atoms with E-state index in [0.717, 1.165) is 5.57 Å². The molecule has 0 bridgehead atoms. The molecule has 0 N–H and O–H groups in total. The van der Waals surface area contributed by atoms with Crippen molar-refractivity contribution < 1.29 is 9.18 Å².